The molecule has 2 unspecified atom stereocenters. The first kappa shape index (κ1) is 67.1. The number of hydrogen-bond acceptors (Lipinski definition) is 5. The van der Waals surface area contributed by atoms with Crippen LogP contribution < -0.4 is 5.32 Å². The van der Waals surface area contributed by atoms with E-state index in [1.165, 1.54) is 257 Å². The highest BCUT2D eigenvalue weighted by atomic mass is 16.5. The minimum atomic E-state index is -0.844. The molecule has 0 aliphatic heterocycles. The van der Waals surface area contributed by atoms with E-state index < -0.39 is 12.1 Å². The van der Waals surface area contributed by atoms with Crippen LogP contribution in [0.15, 0.2) is 36.5 Å². The van der Waals surface area contributed by atoms with E-state index in [0.717, 1.165) is 44.9 Å². The van der Waals surface area contributed by atoms with E-state index in [1.807, 2.05) is 6.08 Å². The molecular formula is C63H119NO5. The Morgan fingerprint density at radius 1 is 0.391 bits per heavy atom. The van der Waals surface area contributed by atoms with Gasteiger partial charge >= 0.3 is 5.97 Å². The van der Waals surface area contributed by atoms with Crippen LogP contribution in [0.5, 0.6) is 0 Å². The number of ether oxygens (including phenoxy) is 1. The zero-order chi connectivity index (χ0) is 50.0. The van der Waals surface area contributed by atoms with Gasteiger partial charge in [0.25, 0.3) is 0 Å². The van der Waals surface area contributed by atoms with Gasteiger partial charge in [-0.05, 0) is 83.5 Å². The van der Waals surface area contributed by atoms with Gasteiger partial charge in [-0.15, -0.1) is 0 Å². The maximum Gasteiger partial charge on any atom is 0.305 e. The Hall–Kier alpha value is -1.92. The van der Waals surface area contributed by atoms with E-state index in [4.69, 9.17) is 4.74 Å². The van der Waals surface area contributed by atoms with Gasteiger partial charge in [0.05, 0.1) is 25.4 Å². The normalized spacial score (nSPS) is 12.8. The maximum absolute atomic E-state index is 12.4. The predicted molar refractivity (Wildman–Crippen MR) is 301 cm³/mol. The van der Waals surface area contributed by atoms with E-state index in [-0.39, 0.29) is 18.5 Å². The van der Waals surface area contributed by atoms with Crippen molar-refractivity contribution in [3.8, 4) is 0 Å². The summed E-state index contributed by atoms with van der Waals surface area (Å²) in [7, 11) is 0. The second kappa shape index (κ2) is 58.6. The number of unbranched alkanes of at least 4 members (excludes halogenated alkanes) is 42. The molecule has 0 aromatic rings. The van der Waals surface area contributed by atoms with Crippen LogP contribution in [0.3, 0.4) is 0 Å². The quantitative estimate of drug-likeness (QED) is 0.0321. The monoisotopic (exact) mass is 970 g/mol. The van der Waals surface area contributed by atoms with Crippen LogP contribution in [-0.4, -0.2) is 47.4 Å². The third-order valence-corrected chi connectivity index (χ3v) is 14.1. The lowest BCUT2D eigenvalue weighted by atomic mass is 10.0. The summed E-state index contributed by atoms with van der Waals surface area (Å²) in [5.41, 5.74) is 0. The second-order valence-electron chi connectivity index (χ2n) is 21.0. The molecule has 6 nitrogen and oxygen atoms in total. The Morgan fingerprint density at radius 3 is 1.03 bits per heavy atom. The van der Waals surface area contributed by atoms with Crippen molar-refractivity contribution < 1.29 is 24.5 Å². The molecule has 3 N–H and O–H groups in total. The van der Waals surface area contributed by atoms with Crippen molar-refractivity contribution in [1.29, 1.82) is 0 Å². The number of amides is 1. The van der Waals surface area contributed by atoms with Gasteiger partial charge in [-0.3, -0.25) is 9.59 Å². The summed E-state index contributed by atoms with van der Waals surface area (Å²) in [5, 5.41) is 23.0. The lowest BCUT2D eigenvalue weighted by Gasteiger charge is -2.20. The van der Waals surface area contributed by atoms with Crippen LogP contribution >= 0.6 is 0 Å². The van der Waals surface area contributed by atoms with Gasteiger partial charge in [-0.25, -0.2) is 0 Å². The highest BCUT2D eigenvalue weighted by Gasteiger charge is 2.18. The average Bonchev–Trinajstić information content (AvgIpc) is 3.35. The van der Waals surface area contributed by atoms with Crippen LogP contribution in [0.25, 0.3) is 0 Å². The molecule has 0 aliphatic carbocycles. The number of nitrogens with one attached hydrogen (secondary N) is 1. The topological polar surface area (TPSA) is 95.9 Å². The molecule has 69 heavy (non-hydrogen) atoms. The van der Waals surface area contributed by atoms with Gasteiger partial charge in [0, 0.05) is 12.8 Å². The molecule has 0 saturated heterocycles. The smallest absolute Gasteiger partial charge is 0.305 e. The molecule has 0 rings (SSSR count). The Labute approximate surface area is 430 Å². The van der Waals surface area contributed by atoms with Crippen LogP contribution in [0.1, 0.15) is 328 Å². The fraction of sp³-hybridized carbons (Fsp3) is 0.873. The molecular weight excluding hydrogens is 851 g/mol. The number of aliphatic hydroxyl groups excluding tert-OH is 2. The third kappa shape index (κ3) is 55.2. The van der Waals surface area contributed by atoms with Crippen LogP contribution in [0.2, 0.25) is 0 Å². The predicted octanol–water partition coefficient (Wildman–Crippen LogP) is 19.2. The van der Waals surface area contributed by atoms with E-state index in [1.54, 1.807) is 6.08 Å². The fourth-order valence-corrected chi connectivity index (χ4v) is 9.39. The molecule has 0 bridgehead atoms. The number of rotatable bonds is 57. The van der Waals surface area contributed by atoms with Crippen LogP contribution in [-0.2, 0) is 14.3 Å². The highest BCUT2D eigenvalue weighted by molar-refractivity contribution is 5.76. The van der Waals surface area contributed by atoms with Crippen molar-refractivity contribution >= 4 is 11.9 Å². The van der Waals surface area contributed by atoms with Gasteiger partial charge in [0.15, 0.2) is 0 Å². The minimum Gasteiger partial charge on any atom is -0.466 e. The number of carbonyl (C=O) groups excluding carboxylic acids is 2. The van der Waals surface area contributed by atoms with Crippen molar-refractivity contribution in [1.82, 2.24) is 5.32 Å². The molecule has 1 amide bonds. The summed E-state index contributed by atoms with van der Waals surface area (Å²) in [6, 6.07) is -0.628. The molecule has 0 spiro atoms. The third-order valence-electron chi connectivity index (χ3n) is 14.1. The number of carbonyl (C=O) groups is 2. The number of allylic oxidation sites excluding steroid dienone is 5. The molecule has 0 aromatic heterocycles. The maximum atomic E-state index is 12.4. The summed E-state index contributed by atoms with van der Waals surface area (Å²) >= 11 is 0. The molecule has 406 valence electrons. The number of hydrogen-bond donors (Lipinski definition) is 3. The summed E-state index contributed by atoms with van der Waals surface area (Å²) < 4.78 is 5.48. The van der Waals surface area contributed by atoms with Crippen LogP contribution in [0.4, 0.5) is 0 Å². The fourth-order valence-electron chi connectivity index (χ4n) is 9.39. The largest absolute Gasteiger partial charge is 0.466 e. The Kier molecular flexibility index (Phi) is 57.0. The van der Waals surface area contributed by atoms with Crippen molar-refractivity contribution in [3.63, 3.8) is 0 Å². The summed E-state index contributed by atoms with van der Waals surface area (Å²) in [6.45, 7) is 4.89. The summed E-state index contributed by atoms with van der Waals surface area (Å²) in [4.78, 5) is 24.5. The van der Waals surface area contributed by atoms with Crippen molar-refractivity contribution in [3.05, 3.63) is 36.5 Å². The zero-order valence-corrected chi connectivity index (χ0v) is 46.3. The average molecular weight is 971 g/mol. The standard InChI is InChI=1S/C63H119NO5/c1-3-5-7-9-11-13-15-17-33-37-41-45-49-53-57-63(68)69-58-54-50-46-42-38-34-31-29-27-25-23-21-19-18-20-22-24-26-28-30-32-36-40-44-48-52-56-62(67)64-60(59-65)61(66)55-51-47-43-39-35-16-14-12-10-8-6-4-2/h15,17-18,20,51,55,60-61,65-66H,3-14,16,19,21-50,52-54,56-59H2,1-2H3,(H,64,67)/b17-15-,20-18-,55-51+. The van der Waals surface area contributed by atoms with E-state index >= 15 is 0 Å². The SMILES string of the molecule is CCCCCCC/C=C\CCCCCCCC(=O)OCCCCCCCCCCCCCC/C=C\CCCCCCCCCCCCC(=O)NC(CO)C(O)/C=C/CCCCCCCCCCCC. The van der Waals surface area contributed by atoms with Gasteiger partial charge < -0.3 is 20.3 Å². The first-order valence-electron chi connectivity index (χ1n) is 30.8. The molecule has 0 heterocycles. The van der Waals surface area contributed by atoms with E-state index in [9.17, 15) is 19.8 Å². The summed E-state index contributed by atoms with van der Waals surface area (Å²) in [6.07, 6.45) is 73.3. The van der Waals surface area contributed by atoms with Crippen molar-refractivity contribution in [2.45, 2.75) is 341 Å². The Bertz CT molecular complexity index is 1120. The van der Waals surface area contributed by atoms with Gasteiger partial charge in [0.1, 0.15) is 0 Å². The molecule has 6 heteroatoms. The molecule has 0 radical (unpaired) electrons. The van der Waals surface area contributed by atoms with Gasteiger partial charge in [-0.1, -0.05) is 269 Å². The van der Waals surface area contributed by atoms with Crippen molar-refractivity contribution in [2.75, 3.05) is 13.2 Å². The molecule has 0 saturated carbocycles. The highest BCUT2D eigenvalue weighted by Crippen LogP contribution is 2.17. The van der Waals surface area contributed by atoms with E-state index in [0.29, 0.717) is 19.4 Å². The number of esters is 1. The summed E-state index contributed by atoms with van der Waals surface area (Å²) in [5.74, 6) is -0.0650. The first-order chi connectivity index (χ1) is 34.0. The number of aliphatic hydroxyl groups is 2. The molecule has 2 atom stereocenters. The molecule has 0 fully saturated rings. The zero-order valence-electron chi connectivity index (χ0n) is 46.3. The Balaban J connectivity index is 3.40. The Morgan fingerprint density at radius 2 is 0.681 bits per heavy atom. The van der Waals surface area contributed by atoms with Crippen LogP contribution in [0, 0.1) is 0 Å². The lowest BCUT2D eigenvalue weighted by Crippen LogP contribution is -2.45. The lowest BCUT2D eigenvalue weighted by molar-refractivity contribution is -0.143. The minimum absolute atomic E-state index is 0.00517. The molecule has 0 aromatic carbocycles. The second-order valence-corrected chi connectivity index (χ2v) is 21.0. The van der Waals surface area contributed by atoms with E-state index in [2.05, 4.69) is 43.5 Å². The first-order valence-corrected chi connectivity index (χ1v) is 30.8. The van der Waals surface area contributed by atoms with Gasteiger partial charge in [-0.2, -0.15) is 0 Å². The van der Waals surface area contributed by atoms with Gasteiger partial charge in [0.2, 0.25) is 5.91 Å². The van der Waals surface area contributed by atoms with Crippen molar-refractivity contribution in [2.24, 2.45) is 0 Å². The molecule has 0 aliphatic rings.